The summed E-state index contributed by atoms with van der Waals surface area (Å²) in [4.78, 5) is 22.9. The molecule has 2 atom stereocenters. The summed E-state index contributed by atoms with van der Waals surface area (Å²) >= 11 is 0. The molecule has 0 bridgehead atoms. The minimum Gasteiger partial charge on any atom is -0.480 e. The third kappa shape index (κ3) is 2.06. The van der Waals surface area contributed by atoms with E-state index in [-0.39, 0.29) is 5.92 Å². The molecule has 2 N–H and O–H groups in total. The second-order valence-corrected chi connectivity index (χ2v) is 4.49. The van der Waals surface area contributed by atoms with Gasteiger partial charge in [-0.2, -0.15) is 0 Å². The Bertz CT molecular complexity index is 287. The van der Waals surface area contributed by atoms with E-state index in [1.807, 2.05) is 0 Å². The molecule has 0 aromatic rings. The molecule has 1 aliphatic heterocycles. The number of rotatable bonds is 3. The lowest BCUT2D eigenvalue weighted by Gasteiger charge is -2.21. The Hall–Kier alpha value is -1.26. The monoisotopic (exact) mass is 213 g/mol. The molecule has 5 nitrogen and oxygen atoms in total. The van der Waals surface area contributed by atoms with E-state index in [4.69, 9.17) is 10.2 Å². The van der Waals surface area contributed by atoms with Gasteiger partial charge in [-0.3, -0.25) is 4.90 Å². The maximum absolute atomic E-state index is 11.0. The summed E-state index contributed by atoms with van der Waals surface area (Å²) in [5, 5.41) is 17.9. The molecule has 1 saturated carbocycles. The second-order valence-electron chi connectivity index (χ2n) is 4.49. The fourth-order valence-corrected chi connectivity index (χ4v) is 2.43. The Morgan fingerprint density at radius 1 is 1.20 bits per heavy atom. The highest BCUT2D eigenvalue weighted by Crippen LogP contribution is 2.40. The fourth-order valence-electron chi connectivity index (χ4n) is 2.43. The molecule has 0 spiro atoms. The average molecular weight is 213 g/mol. The normalized spacial score (nSPS) is 30.5. The number of aliphatic carboxylic acids is 1. The van der Waals surface area contributed by atoms with Crippen LogP contribution in [0.2, 0.25) is 0 Å². The van der Waals surface area contributed by atoms with Gasteiger partial charge in [0.25, 0.3) is 0 Å². The summed E-state index contributed by atoms with van der Waals surface area (Å²) in [6.45, 7) is 0.365. The summed E-state index contributed by atoms with van der Waals surface area (Å²) in [5.41, 5.74) is 0. The van der Waals surface area contributed by atoms with Gasteiger partial charge in [-0.1, -0.05) is 12.8 Å². The van der Waals surface area contributed by atoms with Crippen LogP contribution in [0.5, 0.6) is 0 Å². The van der Waals surface area contributed by atoms with Crippen molar-refractivity contribution in [2.75, 3.05) is 6.54 Å². The highest BCUT2D eigenvalue weighted by molar-refractivity contribution is 5.80. The Morgan fingerprint density at radius 3 is 2.33 bits per heavy atom. The number of carboxylic acid groups (broad SMARTS) is 2. The molecule has 0 aromatic carbocycles. The molecule has 0 radical (unpaired) electrons. The lowest BCUT2D eigenvalue weighted by Crippen LogP contribution is -2.42. The van der Waals surface area contributed by atoms with Gasteiger partial charge in [-0.25, -0.2) is 9.59 Å². The van der Waals surface area contributed by atoms with Gasteiger partial charge in [0.05, 0.1) is 0 Å². The molecule has 0 aromatic heterocycles. The molecule has 2 fully saturated rings. The Kier molecular flexibility index (Phi) is 2.54. The molecule has 84 valence electrons. The molecule has 5 heteroatoms. The smallest absolute Gasteiger partial charge is 0.408 e. The zero-order valence-electron chi connectivity index (χ0n) is 8.43. The van der Waals surface area contributed by atoms with Crippen LogP contribution in [0.15, 0.2) is 0 Å². The first-order valence-electron chi connectivity index (χ1n) is 5.32. The topological polar surface area (TPSA) is 77.8 Å². The predicted molar refractivity (Wildman–Crippen MR) is 51.6 cm³/mol. The molecule has 1 aliphatic carbocycles. The minimum atomic E-state index is -1.11. The van der Waals surface area contributed by atoms with Gasteiger partial charge in [-0.15, -0.1) is 0 Å². The zero-order valence-corrected chi connectivity index (χ0v) is 8.43. The maximum atomic E-state index is 11.0. The van der Waals surface area contributed by atoms with Gasteiger partial charge >= 0.3 is 12.1 Å². The van der Waals surface area contributed by atoms with Gasteiger partial charge in [-0.05, 0) is 24.7 Å². The van der Waals surface area contributed by atoms with Crippen LogP contribution in [-0.2, 0) is 4.79 Å². The fraction of sp³-hybridized carbons (Fsp3) is 0.800. The number of hydrogen-bond donors (Lipinski definition) is 2. The summed E-state index contributed by atoms with van der Waals surface area (Å²) in [6, 6.07) is -0.817. The molecular weight excluding hydrogens is 198 g/mol. The van der Waals surface area contributed by atoms with Crippen molar-refractivity contribution in [1.29, 1.82) is 0 Å². The van der Waals surface area contributed by atoms with Crippen molar-refractivity contribution in [3.8, 4) is 0 Å². The standard InChI is InChI=1S/C10H15NO4/c12-9(13)8-7(5-6-1-2-6)3-4-11(8)10(14)15/h6-8H,1-5H2,(H,12,13)(H,14,15). The molecule has 15 heavy (non-hydrogen) atoms. The summed E-state index contributed by atoms with van der Waals surface area (Å²) in [6.07, 6.45) is 2.81. The molecule has 2 rings (SSSR count). The maximum Gasteiger partial charge on any atom is 0.408 e. The molecule has 1 heterocycles. The van der Waals surface area contributed by atoms with Crippen LogP contribution in [0.3, 0.4) is 0 Å². The van der Waals surface area contributed by atoms with Crippen molar-refractivity contribution in [2.45, 2.75) is 31.7 Å². The second kappa shape index (κ2) is 3.72. The van der Waals surface area contributed by atoms with E-state index in [0.29, 0.717) is 18.9 Å². The molecular formula is C10H15NO4. The van der Waals surface area contributed by atoms with Crippen LogP contribution in [0.25, 0.3) is 0 Å². The van der Waals surface area contributed by atoms with E-state index < -0.39 is 18.1 Å². The quantitative estimate of drug-likeness (QED) is 0.739. The number of nitrogens with zero attached hydrogens (tertiary/aromatic N) is 1. The Morgan fingerprint density at radius 2 is 1.87 bits per heavy atom. The lowest BCUT2D eigenvalue weighted by atomic mass is 9.94. The predicted octanol–water partition coefficient (Wildman–Crippen LogP) is 1.24. The van der Waals surface area contributed by atoms with E-state index in [2.05, 4.69) is 0 Å². The highest BCUT2D eigenvalue weighted by atomic mass is 16.4. The van der Waals surface area contributed by atoms with E-state index in [1.54, 1.807) is 0 Å². The molecule has 1 saturated heterocycles. The number of carboxylic acids is 1. The first kappa shape index (κ1) is 10.3. The van der Waals surface area contributed by atoms with Gasteiger partial charge in [0.1, 0.15) is 6.04 Å². The third-order valence-electron chi connectivity index (χ3n) is 3.35. The van der Waals surface area contributed by atoms with Crippen molar-refractivity contribution in [3.63, 3.8) is 0 Å². The summed E-state index contributed by atoms with van der Waals surface area (Å²) in [5.74, 6) is -0.336. The average Bonchev–Trinajstić information content (AvgIpc) is 2.82. The summed E-state index contributed by atoms with van der Waals surface area (Å²) < 4.78 is 0. The molecule has 2 aliphatic rings. The van der Waals surface area contributed by atoms with Gasteiger partial charge in [0.15, 0.2) is 0 Å². The Balaban J connectivity index is 2.04. The van der Waals surface area contributed by atoms with Crippen LogP contribution in [-0.4, -0.2) is 39.8 Å². The van der Waals surface area contributed by atoms with E-state index >= 15 is 0 Å². The van der Waals surface area contributed by atoms with Crippen molar-refractivity contribution >= 4 is 12.1 Å². The van der Waals surface area contributed by atoms with Crippen molar-refractivity contribution in [3.05, 3.63) is 0 Å². The largest absolute Gasteiger partial charge is 0.480 e. The first-order valence-corrected chi connectivity index (χ1v) is 5.32. The Labute approximate surface area is 87.7 Å². The van der Waals surface area contributed by atoms with Crippen LogP contribution < -0.4 is 0 Å². The molecule has 2 unspecified atom stereocenters. The molecule has 1 amide bonds. The van der Waals surface area contributed by atoms with Crippen LogP contribution in [0.4, 0.5) is 4.79 Å². The number of carbonyl (C=O) groups is 2. The van der Waals surface area contributed by atoms with Crippen LogP contribution in [0, 0.1) is 11.8 Å². The van der Waals surface area contributed by atoms with Gasteiger partial charge in [0, 0.05) is 6.54 Å². The number of hydrogen-bond acceptors (Lipinski definition) is 2. The van der Waals surface area contributed by atoms with Crippen molar-refractivity contribution in [1.82, 2.24) is 4.90 Å². The van der Waals surface area contributed by atoms with Crippen molar-refractivity contribution < 1.29 is 19.8 Å². The van der Waals surface area contributed by atoms with E-state index in [1.165, 1.54) is 12.8 Å². The number of likely N-dealkylation sites (tertiary alicyclic amines) is 1. The van der Waals surface area contributed by atoms with Crippen LogP contribution in [0.1, 0.15) is 25.7 Å². The first-order chi connectivity index (χ1) is 7.09. The lowest BCUT2D eigenvalue weighted by molar-refractivity contribution is -0.143. The van der Waals surface area contributed by atoms with E-state index in [0.717, 1.165) is 11.3 Å². The highest BCUT2D eigenvalue weighted by Gasteiger charge is 2.43. The van der Waals surface area contributed by atoms with Crippen LogP contribution >= 0.6 is 0 Å². The van der Waals surface area contributed by atoms with Gasteiger partial charge in [0.2, 0.25) is 0 Å². The SMILES string of the molecule is O=C(O)C1C(CC2CC2)CCN1C(=O)O. The van der Waals surface area contributed by atoms with Gasteiger partial charge < -0.3 is 10.2 Å². The minimum absolute atomic E-state index is 0.0195. The summed E-state index contributed by atoms with van der Waals surface area (Å²) in [7, 11) is 0. The zero-order chi connectivity index (χ0) is 11.0. The number of amides is 1. The van der Waals surface area contributed by atoms with Crippen molar-refractivity contribution in [2.24, 2.45) is 11.8 Å². The van der Waals surface area contributed by atoms with E-state index in [9.17, 15) is 9.59 Å². The third-order valence-corrected chi connectivity index (χ3v) is 3.35.